The van der Waals surface area contributed by atoms with Gasteiger partial charge in [-0.15, -0.1) is 22.7 Å². The lowest BCUT2D eigenvalue weighted by atomic mass is 10.2. The van der Waals surface area contributed by atoms with Crippen molar-refractivity contribution in [2.45, 2.75) is 6.54 Å². The largest absolute Gasteiger partial charge is 0.375 e. The van der Waals surface area contributed by atoms with Crippen LogP contribution in [0.3, 0.4) is 0 Å². The minimum absolute atomic E-state index is 0.0411. The maximum absolute atomic E-state index is 11.3. The highest BCUT2D eigenvalue weighted by Gasteiger charge is 2.20. The minimum Gasteiger partial charge on any atom is -0.375 e. The zero-order valence-corrected chi connectivity index (χ0v) is 13.2. The van der Waals surface area contributed by atoms with Gasteiger partial charge in [0, 0.05) is 21.3 Å². The summed E-state index contributed by atoms with van der Waals surface area (Å²) in [5.41, 5.74) is 2.60. The first-order valence-electron chi connectivity index (χ1n) is 5.62. The maximum Gasteiger partial charge on any atom is 0.319 e. The molecule has 2 heterocycles. The number of aromatic nitrogens is 1. The van der Waals surface area contributed by atoms with Crippen LogP contribution in [0.5, 0.6) is 0 Å². The molecular weight excluding hydrogens is 362 g/mol. The normalized spacial score (nSPS) is 10.8. The number of benzene rings is 1. The maximum atomic E-state index is 11.3. The fourth-order valence-electron chi connectivity index (χ4n) is 1.87. The summed E-state index contributed by atoms with van der Waals surface area (Å²) in [6.45, 7) is 0.548. The van der Waals surface area contributed by atoms with Crippen molar-refractivity contribution in [2.75, 3.05) is 5.32 Å². The lowest BCUT2D eigenvalue weighted by Gasteiger charge is -2.06. The van der Waals surface area contributed by atoms with E-state index in [4.69, 9.17) is 0 Å². The van der Waals surface area contributed by atoms with E-state index in [9.17, 15) is 10.1 Å². The second kappa shape index (κ2) is 5.47. The summed E-state index contributed by atoms with van der Waals surface area (Å²) < 4.78 is 1.84. The fraction of sp³-hybridized carbons (Fsp3) is 0.0833. The molecule has 0 unspecified atom stereocenters. The Morgan fingerprint density at radius 2 is 2.25 bits per heavy atom. The molecule has 0 atom stereocenters. The zero-order valence-electron chi connectivity index (χ0n) is 10.00. The van der Waals surface area contributed by atoms with E-state index in [1.54, 1.807) is 22.9 Å². The number of hydrogen-bond acceptors (Lipinski definition) is 6. The van der Waals surface area contributed by atoms with Gasteiger partial charge in [-0.3, -0.25) is 10.1 Å². The molecule has 0 saturated heterocycles. The van der Waals surface area contributed by atoms with Gasteiger partial charge in [0.2, 0.25) is 0 Å². The van der Waals surface area contributed by atoms with Crippen LogP contribution >= 0.6 is 38.6 Å². The number of nitrogens with one attached hydrogen (secondary N) is 1. The molecule has 0 aliphatic carbocycles. The first-order valence-corrected chi connectivity index (χ1v) is 8.18. The lowest BCUT2D eigenvalue weighted by molar-refractivity contribution is -0.382. The number of rotatable bonds is 4. The summed E-state index contributed by atoms with van der Waals surface area (Å²) in [6.07, 6.45) is 0. The molecule has 0 saturated carbocycles. The van der Waals surface area contributed by atoms with E-state index < -0.39 is 0 Å². The molecule has 5 nitrogen and oxygen atoms in total. The highest BCUT2D eigenvalue weighted by molar-refractivity contribution is 9.10. The molecule has 0 aliphatic rings. The summed E-state index contributed by atoms with van der Waals surface area (Å²) in [5.74, 6) is 0. The lowest BCUT2D eigenvalue weighted by Crippen LogP contribution is -2.02. The number of thiazole rings is 1. The highest BCUT2D eigenvalue weighted by Crippen LogP contribution is 2.34. The van der Waals surface area contributed by atoms with E-state index in [1.807, 2.05) is 17.5 Å². The van der Waals surface area contributed by atoms with Crippen molar-refractivity contribution < 1.29 is 4.92 Å². The quantitative estimate of drug-likeness (QED) is 0.537. The predicted molar refractivity (Wildman–Crippen MR) is 85.6 cm³/mol. The second-order valence-corrected chi connectivity index (χ2v) is 6.80. The molecule has 102 valence electrons. The van der Waals surface area contributed by atoms with Crippen molar-refractivity contribution in [3.63, 3.8) is 0 Å². The highest BCUT2D eigenvalue weighted by atomic mass is 79.9. The van der Waals surface area contributed by atoms with Crippen molar-refractivity contribution in [2.24, 2.45) is 0 Å². The van der Waals surface area contributed by atoms with Crippen molar-refractivity contribution in [1.82, 2.24) is 4.98 Å². The molecule has 3 aromatic rings. The Labute approximate surface area is 130 Å². The molecule has 0 aliphatic heterocycles. The van der Waals surface area contributed by atoms with Crippen LogP contribution in [-0.2, 0) is 6.54 Å². The minimum atomic E-state index is -0.380. The van der Waals surface area contributed by atoms with Gasteiger partial charge in [0.1, 0.15) is 5.69 Å². The van der Waals surface area contributed by atoms with Crippen LogP contribution in [0.25, 0.3) is 10.2 Å². The molecule has 2 aromatic heterocycles. The van der Waals surface area contributed by atoms with Gasteiger partial charge in [0.25, 0.3) is 0 Å². The number of halogens is 1. The molecule has 0 radical (unpaired) electrons. The fourth-order valence-corrected chi connectivity index (χ4v) is 3.94. The van der Waals surface area contributed by atoms with Crippen molar-refractivity contribution in [3.8, 4) is 0 Å². The topological polar surface area (TPSA) is 68.1 Å². The first-order chi connectivity index (χ1) is 9.65. The van der Waals surface area contributed by atoms with E-state index in [0.717, 1.165) is 14.0 Å². The van der Waals surface area contributed by atoms with E-state index in [0.29, 0.717) is 17.7 Å². The molecule has 1 aromatic carbocycles. The molecule has 0 spiro atoms. The Bertz CT molecular complexity index is 784. The third-order valence-corrected chi connectivity index (χ3v) is 5.22. The summed E-state index contributed by atoms with van der Waals surface area (Å²) in [5, 5.41) is 16.4. The van der Waals surface area contributed by atoms with Crippen molar-refractivity contribution in [1.29, 1.82) is 0 Å². The monoisotopic (exact) mass is 369 g/mol. The molecule has 0 bridgehead atoms. The molecular formula is C12H8BrN3O2S2. The zero-order chi connectivity index (χ0) is 14.1. The van der Waals surface area contributed by atoms with Gasteiger partial charge < -0.3 is 5.32 Å². The Hall–Kier alpha value is -1.51. The summed E-state index contributed by atoms with van der Waals surface area (Å²) in [6, 6.07) is 5.58. The van der Waals surface area contributed by atoms with Gasteiger partial charge in [-0.25, -0.2) is 4.98 Å². The van der Waals surface area contributed by atoms with Crippen LogP contribution in [0.15, 0.2) is 33.6 Å². The number of thiophene rings is 1. The van der Waals surface area contributed by atoms with Gasteiger partial charge in [-0.05, 0) is 34.1 Å². The van der Waals surface area contributed by atoms with Crippen LogP contribution in [-0.4, -0.2) is 9.91 Å². The van der Waals surface area contributed by atoms with Crippen LogP contribution in [0.4, 0.5) is 11.4 Å². The molecule has 0 amide bonds. The third-order valence-electron chi connectivity index (χ3n) is 2.73. The van der Waals surface area contributed by atoms with Crippen LogP contribution < -0.4 is 5.32 Å². The van der Waals surface area contributed by atoms with Gasteiger partial charge in [-0.1, -0.05) is 0 Å². The Morgan fingerprint density at radius 1 is 1.40 bits per heavy atom. The number of nitro benzene ring substituents is 1. The molecule has 20 heavy (non-hydrogen) atoms. The van der Waals surface area contributed by atoms with Gasteiger partial charge >= 0.3 is 5.69 Å². The number of anilines is 1. The Balaban J connectivity index is 1.94. The average Bonchev–Trinajstić information content (AvgIpc) is 3.03. The van der Waals surface area contributed by atoms with E-state index in [2.05, 4.69) is 26.2 Å². The van der Waals surface area contributed by atoms with Crippen LogP contribution in [0.1, 0.15) is 4.88 Å². The Morgan fingerprint density at radius 3 is 2.95 bits per heavy atom. The Kier molecular flexibility index (Phi) is 3.68. The molecule has 0 fully saturated rings. The van der Waals surface area contributed by atoms with E-state index in [1.165, 1.54) is 11.3 Å². The number of nitrogens with zero attached hydrogens (tertiary/aromatic N) is 2. The molecule has 8 heteroatoms. The van der Waals surface area contributed by atoms with Crippen LogP contribution in [0.2, 0.25) is 0 Å². The molecule has 3 rings (SSSR count). The standard InChI is InChI=1S/C12H8BrN3O2S2/c13-7-3-8(19-5-7)4-14-9-1-2-10-11(15-6-20-10)12(9)16(17)18/h1-3,5-6,14H,4H2. The van der Waals surface area contributed by atoms with Crippen LogP contribution in [0, 0.1) is 10.1 Å². The summed E-state index contributed by atoms with van der Waals surface area (Å²) in [4.78, 5) is 16.1. The second-order valence-electron chi connectivity index (χ2n) is 4.00. The number of nitro groups is 1. The summed E-state index contributed by atoms with van der Waals surface area (Å²) >= 11 is 6.38. The SMILES string of the molecule is O=[N+]([O-])c1c(NCc2cc(Br)cs2)ccc2scnc12. The van der Waals surface area contributed by atoms with Gasteiger partial charge in [0.15, 0.2) is 5.52 Å². The van der Waals surface area contributed by atoms with Gasteiger partial charge in [-0.2, -0.15) is 0 Å². The van der Waals surface area contributed by atoms with Crippen molar-refractivity contribution in [3.05, 3.63) is 48.6 Å². The van der Waals surface area contributed by atoms with Gasteiger partial charge in [0.05, 0.1) is 15.1 Å². The predicted octanol–water partition coefficient (Wildman–Crippen LogP) is 4.64. The first kappa shape index (κ1) is 13.5. The van der Waals surface area contributed by atoms with Crippen molar-refractivity contribution >= 4 is 60.2 Å². The number of fused-ring (bicyclic) bond motifs is 1. The summed E-state index contributed by atoms with van der Waals surface area (Å²) in [7, 11) is 0. The average molecular weight is 370 g/mol. The smallest absolute Gasteiger partial charge is 0.319 e. The third kappa shape index (κ3) is 2.54. The molecule has 1 N–H and O–H groups in total. The van der Waals surface area contributed by atoms with E-state index >= 15 is 0 Å². The van der Waals surface area contributed by atoms with E-state index in [-0.39, 0.29) is 10.6 Å². The number of hydrogen-bond donors (Lipinski definition) is 1.